The number of hydrogen-bond donors (Lipinski definition) is 1. The summed E-state index contributed by atoms with van der Waals surface area (Å²) < 4.78 is 10.7. The van der Waals surface area contributed by atoms with Crippen molar-refractivity contribution < 1.29 is 14.3 Å². The molecule has 0 aromatic heterocycles. The van der Waals surface area contributed by atoms with Crippen LogP contribution in [0.25, 0.3) is 0 Å². The lowest BCUT2D eigenvalue weighted by Gasteiger charge is -2.16. The predicted molar refractivity (Wildman–Crippen MR) is 86.1 cm³/mol. The van der Waals surface area contributed by atoms with Crippen LogP contribution in [-0.2, 0) is 11.3 Å². The van der Waals surface area contributed by atoms with E-state index in [4.69, 9.17) is 15.2 Å². The number of hydrogen-bond acceptors (Lipinski definition) is 5. The SMILES string of the molecule is COC(=O)c1cc(N)ccc1Oc1ccccc1CN(C)C. The number of para-hydroxylation sites is 1. The van der Waals surface area contributed by atoms with Crippen molar-refractivity contribution in [3.63, 3.8) is 0 Å². The lowest BCUT2D eigenvalue weighted by molar-refractivity contribution is 0.0598. The van der Waals surface area contributed by atoms with Crippen molar-refractivity contribution in [2.75, 3.05) is 26.9 Å². The van der Waals surface area contributed by atoms with Crippen LogP contribution >= 0.6 is 0 Å². The van der Waals surface area contributed by atoms with E-state index in [0.717, 1.165) is 12.1 Å². The molecule has 2 rings (SSSR count). The zero-order valence-corrected chi connectivity index (χ0v) is 13.0. The maximum Gasteiger partial charge on any atom is 0.341 e. The molecule has 0 aliphatic heterocycles. The Bertz CT molecular complexity index is 669. The van der Waals surface area contributed by atoms with Crippen LogP contribution in [0.15, 0.2) is 42.5 Å². The first-order valence-electron chi connectivity index (χ1n) is 6.89. The number of methoxy groups -OCH3 is 1. The zero-order chi connectivity index (χ0) is 16.1. The molecule has 0 saturated carbocycles. The first kappa shape index (κ1) is 15.9. The van der Waals surface area contributed by atoms with Crippen molar-refractivity contribution in [2.45, 2.75) is 6.54 Å². The summed E-state index contributed by atoms with van der Waals surface area (Å²) >= 11 is 0. The maximum atomic E-state index is 11.9. The van der Waals surface area contributed by atoms with Gasteiger partial charge in [-0.2, -0.15) is 0 Å². The van der Waals surface area contributed by atoms with Crippen molar-refractivity contribution in [3.8, 4) is 11.5 Å². The topological polar surface area (TPSA) is 64.8 Å². The van der Waals surface area contributed by atoms with Gasteiger partial charge in [-0.3, -0.25) is 0 Å². The Hall–Kier alpha value is -2.53. The predicted octanol–water partition coefficient (Wildman–Crippen LogP) is 2.91. The lowest BCUT2D eigenvalue weighted by Crippen LogP contribution is -2.11. The van der Waals surface area contributed by atoms with Gasteiger partial charge in [0, 0.05) is 17.8 Å². The van der Waals surface area contributed by atoms with Crippen molar-refractivity contribution in [3.05, 3.63) is 53.6 Å². The van der Waals surface area contributed by atoms with Crippen molar-refractivity contribution in [1.82, 2.24) is 4.90 Å². The highest BCUT2D eigenvalue weighted by molar-refractivity contribution is 5.93. The summed E-state index contributed by atoms with van der Waals surface area (Å²) in [7, 11) is 5.30. The number of nitrogens with two attached hydrogens (primary N) is 1. The molecule has 5 nitrogen and oxygen atoms in total. The average Bonchev–Trinajstić information content (AvgIpc) is 2.49. The van der Waals surface area contributed by atoms with E-state index < -0.39 is 5.97 Å². The smallest absolute Gasteiger partial charge is 0.341 e. The molecule has 0 aliphatic rings. The fraction of sp³-hybridized carbons (Fsp3) is 0.235. The molecular weight excluding hydrogens is 280 g/mol. The number of anilines is 1. The van der Waals surface area contributed by atoms with Gasteiger partial charge >= 0.3 is 5.97 Å². The molecule has 0 unspecified atom stereocenters. The molecule has 22 heavy (non-hydrogen) atoms. The van der Waals surface area contributed by atoms with Gasteiger partial charge in [-0.15, -0.1) is 0 Å². The second kappa shape index (κ2) is 6.95. The standard InChI is InChI=1S/C17H20N2O3/c1-19(2)11-12-6-4-5-7-15(12)22-16-9-8-13(18)10-14(16)17(20)21-3/h4-10H,11,18H2,1-3H3. The third-order valence-electron chi connectivity index (χ3n) is 3.09. The van der Waals surface area contributed by atoms with Crippen molar-refractivity contribution in [1.29, 1.82) is 0 Å². The quantitative estimate of drug-likeness (QED) is 0.679. The second-order valence-electron chi connectivity index (χ2n) is 5.19. The Kier molecular flexibility index (Phi) is 5.01. The molecule has 0 atom stereocenters. The minimum absolute atomic E-state index is 0.308. The average molecular weight is 300 g/mol. The Morgan fingerprint density at radius 3 is 2.55 bits per heavy atom. The first-order chi connectivity index (χ1) is 10.5. The molecule has 0 amide bonds. The van der Waals surface area contributed by atoms with Crippen LogP contribution in [0, 0.1) is 0 Å². The number of esters is 1. The normalized spacial score (nSPS) is 10.5. The van der Waals surface area contributed by atoms with E-state index in [1.807, 2.05) is 43.3 Å². The summed E-state index contributed by atoms with van der Waals surface area (Å²) in [6.45, 7) is 0.735. The number of ether oxygens (including phenoxy) is 2. The van der Waals surface area contributed by atoms with E-state index in [2.05, 4.69) is 0 Å². The van der Waals surface area contributed by atoms with Crippen LogP contribution in [-0.4, -0.2) is 32.1 Å². The summed E-state index contributed by atoms with van der Waals surface area (Å²) in [6.07, 6.45) is 0. The molecule has 2 aromatic carbocycles. The molecule has 0 radical (unpaired) electrons. The van der Waals surface area contributed by atoms with Crippen LogP contribution < -0.4 is 10.5 Å². The number of carbonyl (C=O) groups is 1. The molecule has 2 N–H and O–H groups in total. The van der Waals surface area contributed by atoms with Crippen LogP contribution in [0.4, 0.5) is 5.69 Å². The third-order valence-corrected chi connectivity index (χ3v) is 3.09. The van der Waals surface area contributed by atoms with Gasteiger partial charge in [-0.25, -0.2) is 4.79 Å². The van der Waals surface area contributed by atoms with Crippen molar-refractivity contribution >= 4 is 11.7 Å². The Labute approximate surface area is 130 Å². The van der Waals surface area contributed by atoms with Gasteiger partial charge in [0.25, 0.3) is 0 Å². The zero-order valence-electron chi connectivity index (χ0n) is 13.0. The number of nitrogens with zero attached hydrogens (tertiary/aromatic N) is 1. The van der Waals surface area contributed by atoms with Gasteiger partial charge in [0.1, 0.15) is 17.1 Å². The first-order valence-corrected chi connectivity index (χ1v) is 6.89. The van der Waals surface area contributed by atoms with Crippen molar-refractivity contribution in [2.24, 2.45) is 0 Å². The summed E-state index contributed by atoms with van der Waals surface area (Å²) in [6, 6.07) is 12.6. The summed E-state index contributed by atoms with van der Waals surface area (Å²) in [5.74, 6) is 0.644. The highest BCUT2D eigenvalue weighted by atomic mass is 16.5. The fourth-order valence-electron chi connectivity index (χ4n) is 2.10. The minimum atomic E-state index is -0.479. The van der Waals surface area contributed by atoms with Gasteiger partial charge in [0.05, 0.1) is 7.11 Å². The molecule has 0 aliphatic carbocycles. The lowest BCUT2D eigenvalue weighted by atomic mass is 10.1. The monoisotopic (exact) mass is 300 g/mol. The molecule has 0 saturated heterocycles. The van der Waals surface area contributed by atoms with Crippen LogP contribution in [0.2, 0.25) is 0 Å². The maximum absolute atomic E-state index is 11.9. The van der Waals surface area contributed by atoms with E-state index in [1.165, 1.54) is 7.11 Å². The van der Waals surface area contributed by atoms with Crippen LogP contribution in [0.3, 0.4) is 0 Å². The molecule has 5 heteroatoms. The van der Waals surface area contributed by atoms with E-state index in [-0.39, 0.29) is 0 Å². The number of rotatable bonds is 5. The molecule has 2 aromatic rings. The summed E-state index contributed by atoms with van der Waals surface area (Å²) in [5, 5.41) is 0. The van der Waals surface area contributed by atoms with E-state index in [9.17, 15) is 4.79 Å². The molecule has 0 spiro atoms. The summed E-state index contributed by atoms with van der Waals surface area (Å²) in [4.78, 5) is 13.9. The number of benzene rings is 2. The van der Waals surface area contributed by atoms with Gasteiger partial charge in [0.15, 0.2) is 0 Å². The van der Waals surface area contributed by atoms with E-state index in [0.29, 0.717) is 22.7 Å². The minimum Gasteiger partial charge on any atom is -0.465 e. The Morgan fingerprint density at radius 1 is 1.14 bits per heavy atom. The van der Waals surface area contributed by atoms with E-state index >= 15 is 0 Å². The third kappa shape index (κ3) is 3.77. The van der Waals surface area contributed by atoms with Gasteiger partial charge in [0.2, 0.25) is 0 Å². The number of carbonyl (C=O) groups excluding carboxylic acids is 1. The molecule has 0 fully saturated rings. The van der Waals surface area contributed by atoms with Crippen LogP contribution in [0.5, 0.6) is 11.5 Å². The Morgan fingerprint density at radius 2 is 1.86 bits per heavy atom. The summed E-state index contributed by atoms with van der Waals surface area (Å²) in [5.41, 5.74) is 7.56. The van der Waals surface area contributed by atoms with Gasteiger partial charge in [-0.05, 0) is 38.4 Å². The van der Waals surface area contributed by atoms with E-state index in [1.54, 1.807) is 18.2 Å². The molecule has 0 heterocycles. The largest absolute Gasteiger partial charge is 0.465 e. The molecule has 0 bridgehead atoms. The highest BCUT2D eigenvalue weighted by Gasteiger charge is 2.15. The number of nitrogen functional groups attached to an aromatic ring is 1. The second-order valence-corrected chi connectivity index (χ2v) is 5.19. The fourth-order valence-corrected chi connectivity index (χ4v) is 2.10. The molecular formula is C17H20N2O3. The molecule has 116 valence electrons. The Balaban J connectivity index is 2.37. The highest BCUT2D eigenvalue weighted by Crippen LogP contribution is 2.30. The van der Waals surface area contributed by atoms with Gasteiger partial charge in [-0.1, -0.05) is 18.2 Å². The van der Waals surface area contributed by atoms with Crippen LogP contribution in [0.1, 0.15) is 15.9 Å². The van der Waals surface area contributed by atoms with Gasteiger partial charge < -0.3 is 20.1 Å².